The van der Waals surface area contributed by atoms with E-state index in [9.17, 15) is 4.79 Å². The predicted octanol–water partition coefficient (Wildman–Crippen LogP) is 2.68. The zero-order chi connectivity index (χ0) is 13.9. The molecule has 0 spiro atoms. The number of carbonyl (C=O) groups excluding carboxylic acids is 1. The standard InChI is InChI=1S/C16H15N3O/c17-13-8-15(18-10-13)16(20)19-9-12-6-3-5-11-4-1-2-7-14(11)12/h1-8,10,18H,9,17H2,(H,19,20). The summed E-state index contributed by atoms with van der Waals surface area (Å²) in [5, 5.41) is 5.22. The average Bonchev–Trinajstić information content (AvgIpc) is 2.91. The Morgan fingerprint density at radius 3 is 2.75 bits per heavy atom. The van der Waals surface area contributed by atoms with Crippen molar-refractivity contribution in [3.63, 3.8) is 0 Å². The number of aromatic amines is 1. The fourth-order valence-corrected chi connectivity index (χ4v) is 2.26. The van der Waals surface area contributed by atoms with E-state index < -0.39 is 0 Å². The molecule has 4 nitrogen and oxygen atoms in total. The fraction of sp³-hybridized carbons (Fsp3) is 0.0625. The molecule has 0 atom stereocenters. The number of fused-ring (bicyclic) bond motifs is 1. The van der Waals surface area contributed by atoms with E-state index in [4.69, 9.17) is 5.73 Å². The van der Waals surface area contributed by atoms with Crippen molar-refractivity contribution in [1.29, 1.82) is 0 Å². The van der Waals surface area contributed by atoms with Crippen molar-refractivity contribution < 1.29 is 4.79 Å². The van der Waals surface area contributed by atoms with Gasteiger partial charge in [-0.2, -0.15) is 0 Å². The highest BCUT2D eigenvalue weighted by molar-refractivity contribution is 5.93. The molecule has 0 aliphatic rings. The summed E-state index contributed by atoms with van der Waals surface area (Å²) in [6.45, 7) is 0.485. The van der Waals surface area contributed by atoms with Crippen molar-refractivity contribution in [2.45, 2.75) is 6.54 Å². The normalized spacial score (nSPS) is 10.6. The van der Waals surface area contributed by atoms with Gasteiger partial charge >= 0.3 is 0 Å². The van der Waals surface area contributed by atoms with E-state index in [0.29, 0.717) is 17.9 Å². The summed E-state index contributed by atoms with van der Waals surface area (Å²) >= 11 is 0. The number of H-pyrrole nitrogens is 1. The van der Waals surface area contributed by atoms with Crippen LogP contribution in [0.5, 0.6) is 0 Å². The minimum absolute atomic E-state index is 0.158. The molecule has 1 heterocycles. The zero-order valence-corrected chi connectivity index (χ0v) is 10.9. The van der Waals surface area contributed by atoms with Crippen LogP contribution >= 0.6 is 0 Å². The number of carbonyl (C=O) groups is 1. The highest BCUT2D eigenvalue weighted by Gasteiger charge is 2.08. The van der Waals surface area contributed by atoms with Gasteiger partial charge in [0.2, 0.25) is 0 Å². The molecule has 0 aliphatic carbocycles. The van der Waals surface area contributed by atoms with Crippen LogP contribution in [0.2, 0.25) is 0 Å². The number of nitrogens with two attached hydrogens (primary N) is 1. The van der Waals surface area contributed by atoms with Gasteiger partial charge in [-0.1, -0.05) is 42.5 Å². The lowest BCUT2D eigenvalue weighted by molar-refractivity contribution is 0.0946. The highest BCUT2D eigenvalue weighted by atomic mass is 16.1. The maximum Gasteiger partial charge on any atom is 0.268 e. The van der Waals surface area contributed by atoms with E-state index in [1.54, 1.807) is 12.3 Å². The van der Waals surface area contributed by atoms with Crippen LogP contribution in [-0.2, 0) is 6.54 Å². The number of aromatic nitrogens is 1. The molecule has 4 heteroatoms. The number of amides is 1. The van der Waals surface area contributed by atoms with Crippen LogP contribution in [0, 0.1) is 0 Å². The maximum atomic E-state index is 12.0. The summed E-state index contributed by atoms with van der Waals surface area (Å²) in [6, 6.07) is 15.8. The Morgan fingerprint density at radius 1 is 1.15 bits per heavy atom. The van der Waals surface area contributed by atoms with Gasteiger partial charge in [-0.25, -0.2) is 0 Å². The SMILES string of the molecule is Nc1c[nH]c(C(=O)NCc2cccc3ccccc23)c1. The number of anilines is 1. The van der Waals surface area contributed by atoms with E-state index in [1.807, 2.05) is 24.3 Å². The maximum absolute atomic E-state index is 12.0. The first-order valence-corrected chi connectivity index (χ1v) is 6.43. The van der Waals surface area contributed by atoms with Gasteiger partial charge in [-0.15, -0.1) is 0 Å². The molecule has 0 unspecified atom stereocenters. The molecule has 0 saturated heterocycles. The van der Waals surface area contributed by atoms with Crippen molar-refractivity contribution in [2.75, 3.05) is 5.73 Å². The second kappa shape index (κ2) is 5.09. The van der Waals surface area contributed by atoms with Gasteiger partial charge in [0, 0.05) is 18.4 Å². The number of nitrogens with one attached hydrogen (secondary N) is 2. The Balaban J connectivity index is 1.79. The summed E-state index contributed by atoms with van der Waals surface area (Å²) < 4.78 is 0. The second-order valence-corrected chi connectivity index (χ2v) is 4.67. The third-order valence-electron chi connectivity index (χ3n) is 3.27. The van der Waals surface area contributed by atoms with Gasteiger partial charge in [0.25, 0.3) is 5.91 Å². The van der Waals surface area contributed by atoms with E-state index in [-0.39, 0.29) is 5.91 Å². The first-order valence-electron chi connectivity index (χ1n) is 6.43. The number of rotatable bonds is 3. The van der Waals surface area contributed by atoms with Crippen LogP contribution in [0.1, 0.15) is 16.1 Å². The molecule has 100 valence electrons. The minimum Gasteiger partial charge on any atom is -0.397 e. The molecule has 4 N–H and O–H groups in total. The van der Waals surface area contributed by atoms with Crippen molar-refractivity contribution in [2.24, 2.45) is 0 Å². The lowest BCUT2D eigenvalue weighted by Gasteiger charge is -2.07. The van der Waals surface area contributed by atoms with Gasteiger partial charge < -0.3 is 16.0 Å². The summed E-state index contributed by atoms with van der Waals surface area (Å²) in [6.07, 6.45) is 1.60. The van der Waals surface area contributed by atoms with E-state index in [1.165, 1.54) is 5.39 Å². The molecule has 20 heavy (non-hydrogen) atoms. The quantitative estimate of drug-likeness (QED) is 0.681. The van der Waals surface area contributed by atoms with Crippen LogP contribution in [-0.4, -0.2) is 10.9 Å². The van der Waals surface area contributed by atoms with E-state index in [0.717, 1.165) is 10.9 Å². The van der Waals surface area contributed by atoms with Gasteiger partial charge in [0.1, 0.15) is 5.69 Å². The third-order valence-corrected chi connectivity index (χ3v) is 3.27. The molecule has 1 aromatic heterocycles. The Morgan fingerprint density at radius 2 is 1.95 bits per heavy atom. The lowest BCUT2D eigenvalue weighted by atomic mass is 10.0. The number of nitrogen functional groups attached to an aromatic ring is 1. The Hall–Kier alpha value is -2.75. The van der Waals surface area contributed by atoms with Crippen molar-refractivity contribution in [3.8, 4) is 0 Å². The Kier molecular flexibility index (Phi) is 3.13. The van der Waals surface area contributed by atoms with E-state index in [2.05, 4.69) is 28.5 Å². The molecular formula is C16H15N3O. The summed E-state index contributed by atoms with van der Waals surface area (Å²) in [4.78, 5) is 14.8. The Labute approximate surface area is 116 Å². The van der Waals surface area contributed by atoms with Gasteiger partial charge in [-0.3, -0.25) is 4.79 Å². The number of benzene rings is 2. The van der Waals surface area contributed by atoms with Crippen LogP contribution in [0.4, 0.5) is 5.69 Å². The summed E-state index contributed by atoms with van der Waals surface area (Å²) in [5.74, 6) is -0.158. The molecule has 3 rings (SSSR count). The number of hydrogen-bond donors (Lipinski definition) is 3. The molecule has 0 radical (unpaired) electrons. The monoisotopic (exact) mass is 265 g/mol. The van der Waals surface area contributed by atoms with Crippen LogP contribution < -0.4 is 11.1 Å². The molecule has 0 bridgehead atoms. The average molecular weight is 265 g/mol. The molecule has 0 saturated carbocycles. The van der Waals surface area contributed by atoms with Crippen LogP contribution in [0.3, 0.4) is 0 Å². The zero-order valence-electron chi connectivity index (χ0n) is 10.9. The third kappa shape index (κ3) is 2.36. The van der Waals surface area contributed by atoms with Crippen molar-refractivity contribution >= 4 is 22.4 Å². The number of hydrogen-bond acceptors (Lipinski definition) is 2. The molecular weight excluding hydrogens is 250 g/mol. The highest BCUT2D eigenvalue weighted by Crippen LogP contribution is 2.18. The first-order chi connectivity index (χ1) is 9.74. The topological polar surface area (TPSA) is 70.9 Å². The van der Waals surface area contributed by atoms with E-state index >= 15 is 0 Å². The molecule has 3 aromatic rings. The van der Waals surface area contributed by atoms with Crippen LogP contribution in [0.15, 0.2) is 54.7 Å². The van der Waals surface area contributed by atoms with Crippen molar-refractivity contribution in [1.82, 2.24) is 10.3 Å². The minimum atomic E-state index is -0.158. The largest absolute Gasteiger partial charge is 0.397 e. The van der Waals surface area contributed by atoms with Gasteiger partial charge in [0.05, 0.1) is 0 Å². The first kappa shape index (κ1) is 12.3. The molecule has 0 fully saturated rings. The lowest BCUT2D eigenvalue weighted by Crippen LogP contribution is -2.23. The van der Waals surface area contributed by atoms with Gasteiger partial charge in [-0.05, 0) is 22.4 Å². The molecule has 1 amide bonds. The van der Waals surface area contributed by atoms with Crippen LogP contribution in [0.25, 0.3) is 10.8 Å². The molecule has 2 aromatic carbocycles. The second-order valence-electron chi connectivity index (χ2n) is 4.67. The van der Waals surface area contributed by atoms with Gasteiger partial charge in [0.15, 0.2) is 0 Å². The summed E-state index contributed by atoms with van der Waals surface area (Å²) in [7, 11) is 0. The summed E-state index contributed by atoms with van der Waals surface area (Å²) in [5.41, 5.74) is 7.71. The smallest absolute Gasteiger partial charge is 0.268 e. The Bertz CT molecular complexity index is 756. The van der Waals surface area contributed by atoms with Crippen molar-refractivity contribution in [3.05, 3.63) is 66.0 Å². The molecule has 0 aliphatic heterocycles. The predicted molar refractivity (Wildman–Crippen MR) is 80.3 cm³/mol. The fourth-order valence-electron chi connectivity index (χ4n) is 2.26.